The zero-order valence-electron chi connectivity index (χ0n) is 11.4. The summed E-state index contributed by atoms with van der Waals surface area (Å²) in [5, 5.41) is 9.51. The van der Waals surface area contributed by atoms with E-state index in [4.69, 9.17) is 0 Å². The van der Waals surface area contributed by atoms with Crippen molar-refractivity contribution in [3.05, 3.63) is 12.2 Å². The first kappa shape index (κ1) is 16.8. The fourth-order valence-electron chi connectivity index (χ4n) is 1.48. The van der Waals surface area contributed by atoms with Crippen molar-refractivity contribution in [2.45, 2.75) is 58.0 Å². The van der Waals surface area contributed by atoms with E-state index in [9.17, 15) is 14.7 Å². The van der Waals surface area contributed by atoms with Crippen LogP contribution in [0.3, 0.4) is 0 Å². The van der Waals surface area contributed by atoms with Crippen molar-refractivity contribution >= 4 is 11.8 Å². The highest BCUT2D eigenvalue weighted by molar-refractivity contribution is 5.89. The molecule has 0 bridgehead atoms. The summed E-state index contributed by atoms with van der Waals surface area (Å²) < 4.78 is 4.50. The van der Waals surface area contributed by atoms with Crippen LogP contribution in [-0.4, -0.2) is 30.1 Å². The van der Waals surface area contributed by atoms with Gasteiger partial charge < -0.3 is 9.84 Å². The lowest BCUT2D eigenvalue weighted by molar-refractivity contribution is -0.140. The molecule has 0 aliphatic rings. The number of methoxy groups -OCH3 is 1. The minimum Gasteiger partial charge on any atom is -0.469 e. The van der Waals surface area contributed by atoms with E-state index in [1.165, 1.54) is 13.2 Å². The lowest BCUT2D eigenvalue weighted by Gasteiger charge is -2.03. The van der Waals surface area contributed by atoms with Gasteiger partial charge in [0, 0.05) is 12.8 Å². The van der Waals surface area contributed by atoms with Crippen molar-refractivity contribution < 1.29 is 19.4 Å². The predicted molar refractivity (Wildman–Crippen MR) is 70.2 cm³/mol. The monoisotopic (exact) mass is 256 g/mol. The van der Waals surface area contributed by atoms with E-state index >= 15 is 0 Å². The highest BCUT2D eigenvalue weighted by Gasteiger charge is 2.03. The summed E-state index contributed by atoms with van der Waals surface area (Å²) in [5.41, 5.74) is 0. The molecule has 18 heavy (non-hydrogen) atoms. The zero-order valence-corrected chi connectivity index (χ0v) is 11.4. The van der Waals surface area contributed by atoms with E-state index in [2.05, 4.69) is 11.7 Å². The molecule has 0 aliphatic carbocycles. The Morgan fingerprint density at radius 1 is 1.22 bits per heavy atom. The largest absolute Gasteiger partial charge is 0.469 e. The molecule has 104 valence electrons. The van der Waals surface area contributed by atoms with E-state index in [1.54, 1.807) is 6.08 Å². The summed E-state index contributed by atoms with van der Waals surface area (Å²) in [6, 6.07) is 0. The molecule has 0 spiro atoms. The predicted octanol–water partition coefficient (Wildman–Crippen LogP) is 2.40. The van der Waals surface area contributed by atoms with Gasteiger partial charge in [0.15, 0.2) is 5.78 Å². The van der Waals surface area contributed by atoms with E-state index in [-0.39, 0.29) is 11.8 Å². The van der Waals surface area contributed by atoms with Gasteiger partial charge in [-0.2, -0.15) is 0 Å². The number of rotatable bonds is 10. The third-order valence-electron chi connectivity index (χ3n) is 2.64. The Hall–Kier alpha value is -1.16. The molecular weight excluding hydrogens is 232 g/mol. The van der Waals surface area contributed by atoms with Crippen LogP contribution in [0.2, 0.25) is 0 Å². The van der Waals surface area contributed by atoms with Crippen molar-refractivity contribution in [1.29, 1.82) is 0 Å². The maximum Gasteiger partial charge on any atom is 0.305 e. The maximum atomic E-state index is 11.4. The van der Waals surface area contributed by atoms with Gasteiger partial charge in [0.05, 0.1) is 13.2 Å². The van der Waals surface area contributed by atoms with Crippen LogP contribution in [0.25, 0.3) is 0 Å². The molecule has 0 aliphatic heterocycles. The van der Waals surface area contributed by atoms with Crippen LogP contribution >= 0.6 is 0 Å². The SMILES string of the molecule is CCCCC(O)/C=C/C(=O)CCCCC(=O)OC. The molecule has 4 nitrogen and oxygen atoms in total. The van der Waals surface area contributed by atoms with Gasteiger partial charge in [0.1, 0.15) is 0 Å². The molecule has 0 radical (unpaired) electrons. The number of esters is 1. The van der Waals surface area contributed by atoms with Gasteiger partial charge in [-0.1, -0.05) is 25.8 Å². The number of carbonyl (C=O) groups is 2. The van der Waals surface area contributed by atoms with E-state index in [0.29, 0.717) is 32.1 Å². The summed E-state index contributed by atoms with van der Waals surface area (Å²) in [4.78, 5) is 22.2. The van der Waals surface area contributed by atoms with Crippen LogP contribution in [-0.2, 0) is 14.3 Å². The Kier molecular flexibility index (Phi) is 10.3. The van der Waals surface area contributed by atoms with Gasteiger partial charge in [-0.3, -0.25) is 9.59 Å². The molecule has 0 heterocycles. The number of unbranched alkanes of at least 4 members (excludes halogenated alkanes) is 2. The first-order valence-electron chi connectivity index (χ1n) is 6.56. The average Bonchev–Trinajstić information content (AvgIpc) is 2.38. The smallest absolute Gasteiger partial charge is 0.305 e. The standard InChI is InChI=1S/C14H24O4/c1-3-4-7-12(15)10-11-13(16)8-5-6-9-14(17)18-2/h10-12,15H,3-9H2,1-2H3/b11-10+. The number of allylic oxidation sites excluding steroid dienone is 1. The first-order valence-corrected chi connectivity index (χ1v) is 6.56. The Morgan fingerprint density at radius 3 is 2.50 bits per heavy atom. The number of aliphatic hydroxyl groups excluding tert-OH is 1. The molecule has 0 aromatic rings. The Balaban J connectivity index is 3.64. The second-order valence-electron chi connectivity index (χ2n) is 4.32. The summed E-state index contributed by atoms with van der Waals surface area (Å²) in [5.74, 6) is -0.247. The molecule has 0 rings (SSSR count). The number of hydrogen-bond donors (Lipinski definition) is 1. The summed E-state index contributed by atoms with van der Waals surface area (Å²) in [6.45, 7) is 2.06. The summed E-state index contributed by atoms with van der Waals surface area (Å²) in [6.07, 6.45) is 7.25. The van der Waals surface area contributed by atoms with E-state index < -0.39 is 6.10 Å². The number of ether oxygens (including phenoxy) is 1. The first-order chi connectivity index (χ1) is 8.60. The van der Waals surface area contributed by atoms with E-state index in [1.807, 2.05) is 0 Å². The second kappa shape index (κ2) is 11.0. The van der Waals surface area contributed by atoms with Gasteiger partial charge in [0.25, 0.3) is 0 Å². The van der Waals surface area contributed by atoms with Gasteiger partial charge in [0.2, 0.25) is 0 Å². The number of ketones is 1. The lowest BCUT2D eigenvalue weighted by atomic mass is 10.1. The molecule has 1 atom stereocenters. The molecule has 1 unspecified atom stereocenters. The second-order valence-corrected chi connectivity index (χ2v) is 4.32. The minimum atomic E-state index is -0.524. The van der Waals surface area contributed by atoms with Crippen molar-refractivity contribution in [3.8, 4) is 0 Å². The molecule has 0 saturated heterocycles. The van der Waals surface area contributed by atoms with Gasteiger partial charge in [-0.15, -0.1) is 0 Å². The Labute approximate surface area is 109 Å². The zero-order chi connectivity index (χ0) is 13.8. The fourth-order valence-corrected chi connectivity index (χ4v) is 1.48. The third kappa shape index (κ3) is 10.0. The minimum absolute atomic E-state index is 0.00425. The topological polar surface area (TPSA) is 63.6 Å². The molecule has 0 amide bonds. The Bertz CT molecular complexity index is 271. The molecule has 0 aromatic carbocycles. The van der Waals surface area contributed by atoms with Gasteiger partial charge in [-0.05, 0) is 25.3 Å². The number of carbonyl (C=O) groups excluding carboxylic acids is 2. The van der Waals surface area contributed by atoms with Gasteiger partial charge >= 0.3 is 5.97 Å². The summed E-state index contributed by atoms with van der Waals surface area (Å²) >= 11 is 0. The van der Waals surface area contributed by atoms with Gasteiger partial charge in [-0.25, -0.2) is 0 Å². The lowest BCUT2D eigenvalue weighted by Crippen LogP contribution is -2.03. The third-order valence-corrected chi connectivity index (χ3v) is 2.64. The fraction of sp³-hybridized carbons (Fsp3) is 0.714. The van der Waals surface area contributed by atoms with Crippen LogP contribution < -0.4 is 0 Å². The van der Waals surface area contributed by atoms with Crippen LogP contribution in [0, 0.1) is 0 Å². The van der Waals surface area contributed by atoms with Crippen LogP contribution in [0.4, 0.5) is 0 Å². The van der Waals surface area contributed by atoms with Crippen molar-refractivity contribution in [2.75, 3.05) is 7.11 Å². The molecule has 4 heteroatoms. The molecular formula is C14H24O4. The van der Waals surface area contributed by atoms with Crippen molar-refractivity contribution in [2.24, 2.45) is 0 Å². The quantitative estimate of drug-likeness (QED) is 0.370. The average molecular weight is 256 g/mol. The molecule has 0 fully saturated rings. The Morgan fingerprint density at radius 2 is 1.89 bits per heavy atom. The van der Waals surface area contributed by atoms with Crippen LogP contribution in [0.15, 0.2) is 12.2 Å². The van der Waals surface area contributed by atoms with Crippen molar-refractivity contribution in [3.63, 3.8) is 0 Å². The number of hydrogen-bond acceptors (Lipinski definition) is 4. The maximum absolute atomic E-state index is 11.4. The highest BCUT2D eigenvalue weighted by atomic mass is 16.5. The number of aliphatic hydroxyl groups is 1. The van der Waals surface area contributed by atoms with Crippen molar-refractivity contribution in [1.82, 2.24) is 0 Å². The normalized spacial score (nSPS) is 12.6. The van der Waals surface area contributed by atoms with Crippen LogP contribution in [0.5, 0.6) is 0 Å². The molecule has 0 aromatic heterocycles. The molecule has 0 saturated carbocycles. The summed E-state index contributed by atoms with van der Waals surface area (Å²) in [7, 11) is 1.36. The molecule has 1 N–H and O–H groups in total. The highest BCUT2D eigenvalue weighted by Crippen LogP contribution is 2.04. The van der Waals surface area contributed by atoms with E-state index in [0.717, 1.165) is 12.8 Å². The van der Waals surface area contributed by atoms with Crippen LogP contribution in [0.1, 0.15) is 51.9 Å².